The zero-order valence-corrected chi connectivity index (χ0v) is 9.16. The number of hydrogen-bond donors (Lipinski definition) is 2. The molecule has 90 valence electrons. The van der Waals surface area contributed by atoms with Gasteiger partial charge in [0.15, 0.2) is 5.75 Å². The molecule has 0 aliphatic heterocycles. The lowest BCUT2D eigenvalue weighted by Crippen LogP contribution is -2.16. The first-order valence-corrected chi connectivity index (χ1v) is 5.91. The van der Waals surface area contributed by atoms with E-state index in [0.29, 0.717) is 0 Å². The van der Waals surface area contributed by atoms with Crippen LogP contribution < -0.4 is 4.72 Å². The molecule has 1 rings (SSSR count). The second-order valence-corrected chi connectivity index (χ2v) is 4.74. The summed E-state index contributed by atoms with van der Waals surface area (Å²) in [7, 11) is -3.87. The van der Waals surface area contributed by atoms with E-state index in [4.69, 9.17) is 10.4 Å². The number of rotatable bonds is 4. The number of carboxylic acid groups (broad SMARTS) is 1. The fourth-order valence-corrected chi connectivity index (χ4v) is 1.78. The molecule has 0 heterocycles. The molecule has 2 N–H and O–H groups in total. The maximum atomic E-state index is 13.0. The van der Waals surface area contributed by atoms with Crippen molar-refractivity contribution in [3.05, 3.63) is 29.6 Å². The molecule has 0 fully saturated rings. The molecule has 1 aromatic carbocycles. The van der Waals surface area contributed by atoms with Crippen LogP contribution in [0.15, 0.2) is 18.2 Å². The number of halogens is 1. The fraction of sp³-hybridized carbons (Fsp3) is 0.111. The quantitative estimate of drug-likeness (QED) is 0.830. The van der Waals surface area contributed by atoms with E-state index in [1.807, 2.05) is 4.72 Å². The van der Waals surface area contributed by atoms with E-state index in [0.717, 1.165) is 18.2 Å². The van der Waals surface area contributed by atoms with Gasteiger partial charge >= 0.3 is 5.97 Å². The third-order valence-corrected chi connectivity index (χ3v) is 2.78. The van der Waals surface area contributed by atoms with Crippen LogP contribution in [0.4, 0.5) is 10.1 Å². The average molecular weight is 258 g/mol. The Labute approximate surface area is 96.4 Å². The van der Waals surface area contributed by atoms with Crippen molar-refractivity contribution in [1.29, 1.82) is 5.26 Å². The largest absolute Gasteiger partial charge is 0.478 e. The number of nitriles is 1. The number of hydrogen-bond acceptors (Lipinski definition) is 4. The lowest BCUT2D eigenvalue weighted by Gasteiger charge is -2.06. The number of nitrogens with one attached hydrogen (secondary N) is 1. The summed E-state index contributed by atoms with van der Waals surface area (Å²) < 4.78 is 37.3. The number of carboxylic acids is 1. The van der Waals surface area contributed by atoms with Crippen molar-refractivity contribution in [2.24, 2.45) is 0 Å². The second-order valence-electron chi connectivity index (χ2n) is 3.02. The van der Waals surface area contributed by atoms with Gasteiger partial charge in [0.1, 0.15) is 5.82 Å². The van der Waals surface area contributed by atoms with Crippen molar-refractivity contribution in [2.75, 3.05) is 10.5 Å². The minimum absolute atomic E-state index is 0.112. The molecule has 17 heavy (non-hydrogen) atoms. The maximum absolute atomic E-state index is 13.0. The molecule has 0 amide bonds. The van der Waals surface area contributed by atoms with E-state index in [1.54, 1.807) is 0 Å². The second kappa shape index (κ2) is 4.80. The molecule has 0 spiro atoms. The fourth-order valence-electron chi connectivity index (χ4n) is 1.05. The zero-order chi connectivity index (χ0) is 13.1. The Bertz CT molecular complexity index is 592. The van der Waals surface area contributed by atoms with Gasteiger partial charge in [-0.1, -0.05) is 0 Å². The third kappa shape index (κ3) is 3.42. The molecule has 0 bridgehead atoms. The zero-order valence-electron chi connectivity index (χ0n) is 8.34. The van der Waals surface area contributed by atoms with Crippen molar-refractivity contribution in [3.8, 4) is 6.07 Å². The lowest BCUT2D eigenvalue weighted by molar-refractivity contribution is 0.0692. The maximum Gasteiger partial charge on any atom is 0.338 e. The number of sulfonamides is 1. The molecule has 0 radical (unpaired) electrons. The normalized spacial score (nSPS) is 10.6. The van der Waals surface area contributed by atoms with Crippen LogP contribution in [0.3, 0.4) is 0 Å². The smallest absolute Gasteiger partial charge is 0.338 e. The van der Waals surface area contributed by atoms with Crippen LogP contribution in [-0.4, -0.2) is 25.2 Å². The van der Waals surface area contributed by atoms with Crippen LogP contribution >= 0.6 is 0 Å². The minimum Gasteiger partial charge on any atom is -0.478 e. The number of aromatic carboxylic acids is 1. The standard InChI is InChI=1S/C9H7FN2O4S/c10-8-2-1-6(5-7(8)9(13)14)12-17(15,16)4-3-11/h1-2,5,12H,4H2,(H,13,14). The van der Waals surface area contributed by atoms with Crippen molar-refractivity contribution >= 4 is 21.7 Å². The van der Waals surface area contributed by atoms with Crippen LogP contribution in [0.1, 0.15) is 10.4 Å². The Morgan fingerprint density at radius 1 is 1.53 bits per heavy atom. The number of nitrogens with zero attached hydrogens (tertiary/aromatic N) is 1. The van der Waals surface area contributed by atoms with Gasteiger partial charge in [0.05, 0.1) is 11.6 Å². The molecular formula is C9H7FN2O4S. The van der Waals surface area contributed by atoms with E-state index in [1.165, 1.54) is 6.07 Å². The van der Waals surface area contributed by atoms with E-state index >= 15 is 0 Å². The van der Waals surface area contributed by atoms with E-state index in [-0.39, 0.29) is 5.69 Å². The summed E-state index contributed by atoms with van der Waals surface area (Å²) in [6, 6.07) is 4.17. The van der Waals surface area contributed by atoms with Gasteiger partial charge in [-0.15, -0.1) is 0 Å². The average Bonchev–Trinajstić information content (AvgIpc) is 2.20. The highest BCUT2D eigenvalue weighted by atomic mass is 32.2. The predicted molar refractivity (Wildman–Crippen MR) is 56.4 cm³/mol. The molecule has 0 aliphatic rings. The highest BCUT2D eigenvalue weighted by molar-refractivity contribution is 7.92. The van der Waals surface area contributed by atoms with E-state index < -0.39 is 33.1 Å². The summed E-state index contributed by atoms with van der Waals surface area (Å²) in [5.74, 6) is -3.25. The summed E-state index contributed by atoms with van der Waals surface area (Å²) in [4.78, 5) is 10.6. The Hall–Kier alpha value is -2.14. The first-order chi connectivity index (χ1) is 7.85. The highest BCUT2D eigenvalue weighted by Gasteiger charge is 2.14. The molecule has 0 saturated heterocycles. The Morgan fingerprint density at radius 3 is 2.71 bits per heavy atom. The molecule has 0 unspecified atom stereocenters. The molecule has 1 aromatic rings. The van der Waals surface area contributed by atoms with Gasteiger partial charge in [0.25, 0.3) is 0 Å². The van der Waals surface area contributed by atoms with Crippen molar-refractivity contribution < 1.29 is 22.7 Å². The van der Waals surface area contributed by atoms with Crippen molar-refractivity contribution in [1.82, 2.24) is 0 Å². The van der Waals surface area contributed by atoms with Gasteiger partial charge in [-0.05, 0) is 18.2 Å². The molecule has 0 atom stereocenters. The Morgan fingerprint density at radius 2 is 2.18 bits per heavy atom. The lowest BCUT2D eigenvalue weighted by atomic mass is 10.2. The van der Waals surface area contributed by atoms with Gasteiger partial charge in [0.2, 0.25) is 10.0 Å². The summed E-state index contributed by atoms with van der Waals surface area (Å²) in [6.45, 7) is 0. The van der Waals surface area contributed by atoms with Gasteiger partial charge in [-0.25, -0.2) is 17.6 Å². The van der Waals surface area contributed by atoms with E-state index in [2.05, 4.69) is 0 Å². The Balaban J connectivity index is 3.07. The van der Waals surface area contributed by atoms with Gasteiger partial charge < -0.3 is 5.11 Å². The highest BCUT2D eigenvalue weighted by Crippen LogP contribution is 2.16. The summed E-state index contributed by atoms with van der Waals surface area (Å²) >= 11 is 0. The van der Waals surface area contributed by atoms with Gasteiger partial charge in [-0.2, -0.15) is 5.26 Å². The van der Waals surface area contributed by atoms with Crippen LogP contribution in [-0.2, 0) is 10.0 Å². The number of carbonyl (C=O) groups is 1. The summed E-state index contributed by atoms with van der Waals surface area (Å²) in [5, 5.41) is 16.9. The van der Waals surface area contributed by atoms with Crippen LogP contribution in [0.2, 0.25) is 0 Å². The van der Waals surface area contributed by atoms with Crippen LogP contribution in [0, 0.1) is 17.1 Å². The topological polar surface area (TPSA) is 107 Å². The summed E-state index contributed by atoms with van der Waals surface area (Å²) in [6.07, 6.45) is 0. The first-order valence-electron chi connectivity index (χ1n) is 4.26. The summed E-state index contributed by atoms with van der Waals surface area (Å²) in [5.41, 5.74) is -0.763. The van der Waals surface area contributed by atoms with Gasteiger partial charge in [0, 0.05) is 5.69 Å². The minimum atomic E-state index is -3.87. The molecule has 0 aromatic heterocycles. The van der Waals surface area contributed by atoms with Crippen molar-refractivity contribution in [3.63, 3.8) is 0 Å². The molecule has 0 aliphatic carbocycles. The van der Waals surface area contributed by atoms with Crippen molar-refractivity contribution in [2.45, 2.75) is 0 Å². The Kier molecular flexibility index (Phi) is 3.65. The predicted octanol–water partition coefficient (Wildman–Crippen LogP) is 0.789. The molecular weight excluding hydrogens is 251 g/mol. The first kappa shape index (κ1) is 12.9. The van der Waals surface area contributed by atoms with Crippen LogP contribution in [0.5, 0.6) is 0 Å². The van der Waals surface area contributed by atoms with Gasteiger partial charge in [-0.3, -0.25) is 4.72 Å². The SMILES string of the molecule is N#CCS(=O)(=O)Nc1ccc(F)c(C(=O)O)c1. The monoisotopic (exact) mass is 258 g/mol. The van der Waals surface area contributed by atoms with E-state index in [9.17, 15) is 17.6 Å². The number of benzene rings is 1. The van der Waals surface area contributed by atoms with Crippen LogP contribution in [0.25, 0.3) is 0 Å². The third-order valence-electron chi connectivity index (χ3n) is 1.72. The molecule has 0 saturated carbocycles. The molecule has 6 nitrogen and oxygen atoms in total. The number of anilines is 1. The molecule has 8 heteroatoms.